The number of sulfonamides is 1. The molecule has 2 aromatic heterocycles. The molecule has 0 spiro atoms. The van der Waals surface area contributed by atoms with Crippen LogP contribution in [0, 0.1) is 18.7 Å². The molecule has 4 aromatic rings. The quantitative estimate of drug-likeness (QED) is 0.382. The number of aromatic nitrogens is 5. The number of fused-ring (bicyclic) bond motifs is 1. The number of rotatable bonds is 6. The molecule has 9 nitrogen and oxygen atoms in total. The highest BCUT2D eigenvalue weighted by atomic mass is 32.2. The first-order valence-electron chi connectivity index (χ1n) is 12.4. The van der Waals surface area contributed by atoms with Gasteiger partial charge in [-0.05, 0) is 67.3 Å². The predicted molar refractivity (Wildman–Crippen MR) is 139 cm³/mol. The summed E-state index contributed by atoms with van der Waals surface area (Å²) in [5, 5.41) is 13.5. The fourth-order valence-corrected chi connectivity index (χ4v) is 6.89. The molecule has 2 atom stereocenters. The van der Waals surface area contributed by atoms with Gasteiger partial charge in [0.2, 0.25) is 5.03 Å². The lowest BCUT2D eigenvalue weighted by Crippen LogP contribution is -2.56. The Morgan fingerprint density at radius 2 is 1.81 bits per heavy atom. The van der Waals surface area contributed by atoms with Gasteiger partial charge in [0.25, 0.3) is 10.0 Å². The summed E-state index contributed by atoms with van der Waals surface area (Å²) < 4.78 is 43.9. The Bertz CT molecular complexity index is 1530. The minimum Gasteiger partial charge on any atom is -0.293 e. The van der Waals surface area contributed by atoms with Crippen LogP contribution in [0.25, 0.3) is 16.6 Å². The molecule has 0 N–H and O–H groups in total. The summed E-state index contributed by atoms with van der Waals surface area (Å²) in [6.45, 7) is 10.2. The van der Waals surface area contributed by atoms with Gasteiger partial charge in [-0.15, -0.1) is 5.10 Å². The van der Waals surface area contributed by atoms with Crippen molar-refractivity contribution in [2.75, 3.05) is 19.6 Å². The number of piperazine rings is 1. The van der Waals surface area contributed by atoms with Crippen LogP contribution in [0.4, 0.5) is 4.39 Å². The van der Waals surface area contributed by atoms with E-state index in [9.17, 15) is 12.8 Å². The van der Waals surface area contributed by atoms with Gasteiger partial charge in [-0.3, -0.25) is 4.90 Å². The van der Waals surface area contributed by atoms with Gasteiger partial charge >= 0.3 is 0 Å². The summed E-state index contributed by atoms with van der Waals surface area (Å²) in [4.78, 5) is 3.65. The van der Waals surface area contributed by atoms with Gasteiger partial charge < -0.3 is 0 Å². The molecule has 11 heteroatoms. The summed E-state index contributed by atoms with van der Waals surface area (Å²) in [6, 6.07) is 9.96. The third-order valence-corrected chi connectivity index (χ3v) is 8.86. The van der Waals surface area contributed by atoms with E-state index < -0.39 is 10.0 Å². The molecule has 0 amide bonds. The van der Waals surface area contributed by atoms with E-state index in [1.807, 2.05) is 13.8 Å². The molecule has 1 saturated heterocycles. The zero-order valence-electron chi connectivity index (χ0n) is 21.7. The monoisotopic (exact) mass is 525 g/mol. The number of hydrogen-bond donors (Lipinski definition) is 0. The van der Waals surface area contributed by atoms with E-state index in [4.69, 9.17) is 0 Å². The van der Waals surface area contributed by atoms with Crippen molar-refractivity contribution in [3.05, 3.63) is 65.7 Å². The van der Waals surface area contributed by atoms with Gasteiger partial charge in [-0.1, -0.05) is 13.8 Å². The second-order valence-electron chi connectivity index (χ2n) is 10.2. The zero-order chi connectivity index (χ0) is 26.5. The molecule has 2 unspecified atom stereocenters. The smallest absolute Gasteiger partial charge is 0.264 e. The summed E-state index contributed by atoms with van der Waals surface area (Å²) in [5.41, 5.74) is 3.80. The highest BCUT2D eigenvalue weighted by molar-refractivity contribution is 7.89. The van der Waals surface area contributed by atoms with E-state index in [1.54, 1.807) is 34.4 Å². The van der Waals surface area contributed by atoms with Crippen LogP contribution in [0.3, 0.4) is 0 Å². The third kappa shape index (κ3) is 4.67. The Hall–Kier alpha value is -3.15. The van der Waals surface area contributed by atoms with Gasteiger partial charge in [0, 0.05) is 38.1 Å². The number of benzene rings is 2. The van der Waals surface area contributed by atoms with Gasteiger partial charge in [0.15, 0.2) is 0 Å². The molecule has 0 saturated carbocycles. The van der Waals surface area contributed by atoms with E-state index in [0.717, 1.165) is 34.3 Å². The Morgan fingerprint density at radius 3 is 2.46 bits per heavy atom. The van der Waals surface area contributed by atoms with Crippen molar-refractivity contribution in [1.29, 1.82) is 0 Å². The van der Waals surface area contributed by atoms with Crippen LogP contribution in [0.2, 0.25) is 0 Å². The number of hydrogen-bond acceptors (Lipinski definition) is 6. The SMILES string of the molecule is Cc1cc2c(cnn2-c2ccc(F)cc2)cc1C1C(C)N(S(=O)(=O)c2cnn(C)n2)CCN1CC(C)C. The molecule has 3 heterocycles. The molecule has 0 aliphatic carbocycles. The molecule has 0 bridgehead atoms. The van der Waals surface area contributed by atoms with Crippen LogP contribution in [-0.4, -0.2) is 68.1 Å². The fraction of sp³-hybridized carbons (Fsp3) is 0.423. The molecule has 37 heavy (non-hydrogen) atoms. The predicted octanol–water partition coefficient (Wildman–Crippen LogP) is 3.69. The van der Waals surface area contributed by atoms with Gasteiger partial charge in [-0.2, -0.15) is 19.3 Å². The second kappa shape index (κ2) is 9.62. The van der Waals surface area contributed by atoms with E-state index in [1.165, 1.54) is 23.1 Å². The summed E-state index contributed by atoms with van der Waals surface area (Å²) in [7, 11) is -2.20. The zero-order valence-corrected chi connectivity index (χ0v) is 22.5. The highest BCUT2D eigenvalue weighted by Gasteiger charge is 2.42. The van der Waals surface area contributed by atoms with Crippen molar-refractivity contribution in [3.63, 3.8) is 0 Å². The molecule has 2 aromatic carbocycles. The number of halogens is 1. The number of aryl methyl sites for hydroxylation is 2. The molecule has 0 radical (unpaired) electrons. The maximum absolute atomic E-state index is 13.5. The van der Waals surface area contributed by atoms with E-state index >= 15 is 0 Å². The van der Waals surface area contributed by atoms with Crippen LogP contribution >= 0.6 is 0 Å². The van der Waals surface area contributed by atoms with Crippen LogP contribution in [0.15, 0.2) is 53.8 Å². The topological polar surface area (TPSA) is 89.2 Å². The lowest BCUT2D eigenvalue weighted by Gasteiger charge is -2.46. The lowest BCUT2D eigenvalue weighted by molar-refractivity contribution is 0.0636. The van der Waals surface area contributed by atoms with Gasteiger partial charge in [0.05, 0.1) is 29.6 Å². The summed E-state index contributed by atoms with van der Waals surface area (Å²) >= 11 is 0. The van der Waals surface area contributed by atoms with Crippen molar-refractivity contribution >= 4 is 20.9 Å². The first-order chi connectivity index (χ1) is 17.6. The Kier molecular flexibility index (Phi) is 6.63. The molecular formula is C26H32FN7O2S. The second-order valence-corrected chi connectivity index (χ2v) is 12.0. The maximum Gasteiger partial charge on any atom is 0.264 e. The molecule has 1 aliphatic heterocycles. The first-order valence-corrected chi connectivity index (χ1v) is 13.9. The third-order valence-electron chi connectivity index (χ3n) is 7.01. The number of nitrogens with zero attached hydrogens (tertiary/aromatic N) is 7. The molecule has 196 valence electrons. The van der Waals surface area contributed by atoms with E-state index in [-0.39, 0.29) is 22.9 Å². The van der Waals surface area contributed by atoms with Crippen molar-refractivity contribution in [3.8, 4) is 5.69 Å². The Labute approximate surface area is 216 Å². The van der Waals surface area contributed by atoms with Crippen molar-refractivity contribution in [1.82, 2.24) is 34.0 Å². The van der Waals surface area contributed by atoms with Crippen molar-refractivity contribution in [2.45, 2.75) is 44.8 Å². The van der Waals surface area contributed by atoms with Crippen molar-refractivity contribution < 1.29 is 12.8 Å². The standard InChI is InChI=1S/C26H32FN7O2S/c1-17(2)16-32-10-11-33(37(35,36)25-15-28-31(5)30-25)19(4)26(32)23-13-20-14-29-34(24(20)12-18(23)3)22-8-6-21(27)7-9-22/h6-9,12-15,17,19,26H,10-11,16H2,1-5H3. The van der Waals surface area contributed by atoms with Crippen LogP contribution in [0.1, 0.15) is 37.9 Å². The summed E-state index contributed by atoms with van der Waals surface area (Å²) in [6.07, 6.45) is 3.11. The molecule has 5 rings (SSSR count). The van der Waals surface area contributed by atoms with E-state index in [2.05, 4.69) is 46.2 Å². The normalized spacial score (nSPS) is 19.8. The van der Waals surface area contributed by atoms with Gasteiger partial charge in [0.1, 0.15) is 5.82 Å². The Morgan fingerprint density at radius 1 is 1.08 bits per heavy atom. The van der Waals surface area contributed by atoms with Crippen LogP contribution in [0.5, 0.6) is 0 Å². The first kappa shape index (κ1) is 25.5. The van der Waals surface area contributed by atoms with Crippen molar-refractivity contribution in [2.24, 2.45) is 13.0 Å². The van der Waals surface area contributed by atoms with E-state index in [0.29, 0.717) is 19.0 Å². The average Bonchev–Trinajstić information content (AvgIpc) is 3.45. The average molecular weight is 526 g/mol. The summed E-state index contributed by atoms with van der Waals surface area (Å²) in [5.74, 6) is 0.124. The van der Waals surface area contributed by atoms with Crippen LogP contribution < -0.4 is 0 Å². The molecular weight excluding hydrogens is 493 g/mol. The largest absolute Gasteiger partial charge is 0.293 e. The molecule has 1 fully saturated rings. The van der Waals surface area contributed by atoms with Gasteiger partial charge in [-0.25, -0.2) is 17.5 Å². The maximum atomic E-state index is 13.5. The minimum absolute atomic E-state index is 0.0364. The fourth-order valence-electron chi connectivity index (χ4n) is 5.37. The molecule has 1 aliphatic rings. The Balaban J connectivity index is 1.57. The lowest BCUT2D eigenvalue weighted by atomic mass is 9.91. The van der Waals surface area contributed by atoms with Crippen LogP contribution in [-0.2, 0) is 17.1 Å². The minimum atomic E-state index is -3.81. The highest BCUT2D eigenvalue weighted by Crippen LogP contribution is 2.37.